The molecule has 0 aromatic heterocycles. The Morgan fingerprint density at radius 1 is 0.931 bits per heavy atom. The number of hydrogen-bond acceptors (Lipinski definition) is 5. The van der Waals surface area contributed by atoms with Crippen LogP contribution in [-0.4, -0.2) is 38.0 Å². The molecular formula is C22H28NO5P. The van der Waals surface area contributed by atoms with Crippen molar-refractivity contribution in [2.45, 2.75) is 25.5 Å². The van der Waals surface area contributed by atoms with Crippen molar-refractivity contribution >= 4 is 19.2 Å². The average molecular weight is 417 g/mol. The summed E-state index contributed by atoms with van der Waals surface area (Å²) in [4.78, 5) is 24.2. The highest BCUT2D eigenvalue weighted by Gasteiger charge is 2.39. The predicted molar refractivity (Wildman–Crippen MR) is 113 cm³/mol. The van der Waals surface area contributed by atoms with E-state index in [0.717, 1.165) is 11.1 Å². The van der Waals surface area contributed by atoms with Crippen molar-refractivity contribution < 1.29 is 23.4 Å². The normalized spacial score (nSPS) is 15.0. The molecule has 0 aliphatic rings. The van der Waals surface area contributed by atoms with Crippen LogP contribution < -0.4 is 5.32 Å². The van der Waals surface area contributed by atoms with Crippen LogP contribution in [0, 0.1) is 5.92 Å². The van der Waals surface area contributed by atoms with Gasteiger partial charge in [-0.25, -0.2) is 0 Å². The number of methoxy groups -OCH3 is 1. The fourth-order valence-electron chi connectivity index (χ4n) is 3.28. The second-order valence-electron chi connectivity index (χ2n) is 6.91. The highest BCUT2D eigenvalue weighted by Crippen LogP contribution is 2.53. The quantitative estimate of drug-likeness (QED) is 0.471. The molecule has 156 valence electrons. The van der Waals surface area contributed by atoms with Gasteiger partial charge in [0.15, 0.2) is 0 Å². The summed E-state index contributed by atoms with van der Waals surface area (Å²) >= 11 is 0. The fourth-order valence-corrected chi connectivity index (χ4v) is 5.70. The van der Waals surface area contributed by atoms with Gasteiger partial charge in [-0.05, 0) is 17.5 Å². The third-order valence-corrected chi connectivity index (χ3v) is 7.59. The van der Waals surface area contributed by atoms with Gasteiger partial charge >= 0.3 is 5.97 Å². The largest absolute Gasteiger partial charge is 0.469 e. The lowest BCUT2D eigenvalue weighted by atomic mass is 10.0. The van der Waals surface area contributed by atoms with Crippen LogP contribution in [0.25, 0.3) is 0 Å². The SMILES string of the molecule is COC(=O)C(Cc1ccccc1)CP(=O)(OC)C(Cc1ccccc1)NC(C)=O. The number of carbonyl (C=O) groups is 2. The van der Waals surface area contributed by atoms with Gasteiger partial charge in [-0.15, -0.1) is 0 Å². The molecule has 1 amide bonds. The minimum Gasteiger partial charge on any atom is -0.469 e. The Labute approximate surface area is 172 Å². The van der Waals surface area contributed by atoms with Crippen LogP contribution in [0.3, 0.4) is 0 Å². The molecule has 2 aromatic rings. The Bertz CT molecular complexity index is 841. The van der Waals surface area contributed by atoms with Crippen LogP contribution >= 0.6 is 7.37 Å². The average Bonchev–Trinajstić information content (AvgIpc) is 2.73. The van der Waals surface area contributed by atoms with Crippen molar-refractivity contribution in [3.05, 3.63) is 71.8 Å². The maximum absolute atomic E-state index is 13.8. The smallest absolute Gasteiger partial charge is 0.309 e. The van der Waals surface area contributed by atoms with Gasteiger partial charge in [-0.3, -0.25) is 14.2 Å². The van der Waals surface area contributed by atoms with Crippen LogP contribution in [-0.2, 0) is 36.3 Å². The summed E-state index contributed by atoms with van der Waals surface area (Å²) < 4.78 is 24.2. The number of nitrogens with one attached hydrogen (secondary N) is 1. The van der Waals surface area contributed by atoms with E-state index in [0.29, 0.717) is 12.8 Å². The number of amides is 1. The van der Waals surface area contributed by atoms with Crippen molar-refractivity contribution in [3.63, 3.8) is 0 Å². The van der Waals surface area contributed by atoms with Gasteiger partial charge in [-0.1, -0.05) is 60.7 Å². The molecule has 0 saturated carbocycles. The lowest BCUT2D eigenvalue weighted by molar-refractivity contribution is -0.144. The summed E-state index contributed by atoms with van der Waals surface area (Å²) in [5, 5.41) is 2.77. The van der Waals surface area contributed by atoms with E-state index in [1.807, 2.05) is 60.7 Å². The summed E-state index contributed by atoms with van der Waals surface area (Å²) in [5.41, 5.74) is 1.85. The van der Waals surface area contributed by atoms with E-state index in [2.05, 4.69) is 5.32 Å². The van der Waals surface area contributed by atoms with Gasteiger partial charge in [0.2, 0.25) is 13.3 Å². The topological polar surface area (TPSA) is 81.7 Å². The van der Waals surface area contributed by atoms with Crippen LogP contribution in [0.5, 0.6) is 0 Å². The molecule has 0 saturated heterocycles. The number of rotatable bonds is 10. The zero-order valence-corrected chi connectivity index (χ0v) is 17.9. The molecule has 0 heterocycles. The summed E-state index contributed by atoms with van der Waals surface area (Å²) in [6.07, 6.45) is 0.687. The molecule has 1 N–H and O–H groups in total. The van der Waals surface area contributed by atoms with Crippen molar-refractivity contribution in [1.82, 2.24) is 5.32 Å². The van der Waals surface area contributed by atoms with Gasteiger partial charge in [0.1, 0.15) is 5.78 Å². The van der Waals surface area contributed by atoms with E-state index < -0.39 is 25.0 Å². The predicted octanol–water partition coefficient (Wildman–Crippen LogP) is 3.65. The van der Waals surface area contributed by atoms with E-state index in [-0.39, 0.29) is 12.1 Å². The number of hydrogen-bond donors (Lipinski definition) is 1. The monoisotopic (exact) mass is 417 g/mol. The summed E-state index contributed by atoms with van der Waals surface area (Å²) in [5.74, 6) is -2.15. The highest BCUT2D eigenvalue weighted by molar-refractivity contribution is 7.59. The molecule has 6 nitrogen and oxygen atoms in total. The molecule has 0 aliphatic heterocycles. The molecule has 3 atom stereocenters. The van der Waals surface area contributed by atoms with E-state index in [1.165, 1.54) is 21.1 Å². The Morgan fingerprint density at radius 2 is 1.45 bits per heavy atom. The van der Waals surface area contributed by atoms with E-state index >= 15 is 0 Å². The molecule has 0 radical (unpaired) electrons. The molecule has 0 aliphatic carbocycles. The molecule has 0 spiro atoms. The molecule has 7 heteroatoms. The molecule has 0 fully saturated rings. The molecule has 2 aromatic carbocycles. The van der Waals surface area contributed by atoms with Gasteiger partial charge in [-0.2, -0.15) is 0 Å². The molecular weight excluding hydrogens is 389 g/mol. The van der Waals surface area contributed by atoms with E-state index in [1.54, 1.807) is 0 Å². The van der Waals surface area contributed by atoms with Crippen molar-refractivity contribution in [3.8, 4) is 0 Å². The zero-order chi connectivity index (χ0) is 21.3. The maximum Gasteiger partial charge on any atom is 0.309 e. The first-order valence-electron chi connectivity index (χ1n) is 9.45. The van der Waals surface area contributed by atoms with E-state index in [9.17, 15) is 14.2 Å². The van der Waals surface area contributed by atoms with Crippen molar-refractivity contribution in [2.75, 3.05) is 20.4 Å². The first-order valence-corrected chi connectivity index (χ1v) is 11.3. The minimum atomic E-state index is -3.42. The fraction of sp³-hybridized carbons (Fsp3) is 0.364. The lowest BCUT2D eigenvalue weighted by Gasteiger charge is -2.29. The molecule has 2 rings (SSSR count). The maximum atomic E-state index is 13.8. The third-order valence-electron chi connectivity index (χ3n) is 4.76. The second-order valence-corrected chi connectivity index (χ2v) is 9.71. The van der Waals surface area contributed by atoms with Gasteiger partial charge in [0.25, 0.3) is 0 Å². The molecule has 29 heavy (non-hydrogen) atoms. The Hall–Kier alpha value is -2.43. The summed E-state index contributed by atoms with van der Waals surface area (Å²) in [6, 6.07) is 18.9. The number of ether oxygens (including phenoxy) is 1. The summed E-state index contributed by atoms with van der Waals surface area (Å²) in [7, 11) is -0.751. The highest BCUT2D eigenvalue weighted by atomic mass is 31.2. The first-order chi connectivity index (χ1) is 13.9. The Balaban J connectivity index is 2.30. The van der Waals surface area contributed by atoms with Crippen LogP contribution in [0.4, 0.5) is 0 Å². The Kier molecular flexibility index (Phi) is 8.62. The van der Waals surface area contributed by atoms with Gasteiger partial charge < -0.3 is 14.6 Å². The zero-order valence-electron chi connectivity index (χ0n) is 17.0. The lowest BCUT2D eigenvalue weighted by Crippen LogP contribution is -2.37. The van der Waals surface area contributed by atoms with E-state index in [4.69, 9.17) is 9.26 Å². The number of benzene rings is 2. The van der Waals surface area contributed by atoms with Crippen LogP contribution in [0.1, 0.15) is 18.1 Å². The Morgan fingerprint density at radius 3 is 1.90 bits per heavy atom. The minimum absolute atomic E-state index is 0.0250. The first kappa shape index (κ1) is 22.9. The summed E-state index contributed by atoms with van der Waals surface area (Å²) in [6.45, 7) is 1.37. The van der Waals surface area contributed by atoms with Crippen molar-refractivity contribution in [2.24, 2.45) is 5.92 Å². The second kappa shape index (κ2) is 10.9. The number of carbonyl (C=O) groups excluding carboxylic acids is 2. The number of esters is 1. The van der Waals surface area contributed by atoms with Crippen molar-refractivity contribution in [1.29, 1.82) is 0 Å². The van der Waals surface area contributed by atoms with Gasteiger partial charge in [0.05, 0.1) is 13.0 Å². The van der Waals surface area contributed by atoms with Crippen LogP contribution in [0.15, 0.2) is 60.7 Å². The molecule has 0 bridgehead atoms. The van der Waals surface area contributed by atoms with Crippen LogP contribution in [0.2, 0.25) is 0 Å². The van der Waals surface area contributed by atoms with Gasteiger partial charge in [0, 0.05) is 26.6 Å². The molecule has 3 unspecified atom stereocenters. The third kappa shape index (κ3) is 6.84. The standard InChI is InChI=1S/C22H28NO5P/c1-17(24)23-21(15-19-12-8-5-9-13-19)29(26,28-3)16-20(22(25)27-2)14-18-10-6-4-7-11-18/h4-13,20-21H,14-16H2,1-3H3,(H,23,24).